The summed E-state index contributed by atoms with van der Waals surface area (Å²) < 4.78 is 0. The highest BCUT2D eigenvalue weighted by Crippen LogP contribution is 2.28. The molecule has 1 aromatic heterocycles. The lowest BCUT2D eigenvalue weighted by Crippen LogP contribution is -2.35. The van der Waals surface area contributed by atoms with Gasteiger partial charge in [0, 0.05) is 28.2 Å². The number of rotatable bonds is 4. The van der Waals surface area contributed by atoms with Gasteiger partial charge in [0.25, 0.3) is 0 Å². The summed E-state index contributed by atoms with van der Waals surface area (Å²) in [6, 6.07) is 7.23. The Morgan fingerprint density at radius 1 is 1.43 bits per heavy atom. The summed E-state index contributed by atoms with van der Waals surface area (Å²) in [4.78, 5) is 18.7. The van der Waals surface area contributed by atoms with E-state index in [1.807, 2.05) is 35.4 Å². The molecule has 3 rings (SSSR count). The Morgan fingerprint density at radius 2 is 2.19 bits per heavy atom. The molecule has 6 heteroatoms. The number of hydrogen-bond donors (Lipinski definition) is 1. The first-order valence-electron chi connectivity index (χ1n) is 6.81. The molecule has 1 atom stereocenters. The molecule has 21 heavy (non-hydrogen) atoms. The van der Waals surface area contributed by atoms with Crippen molar-refractivity contribution in [3.63, 3.8) is 0 Å². The lowest BCUT2D eigenvalue weighted by atomic mass is 10.2. The van der Waals surface area contributed by atoms with Gasteiger partial charge >= 0.3 is 5.97 Å². The molecule has 1 aliphatic heterocycles. The first kappa shape index (κ1) is 14.5. The number of carboxylic acids is 1. The van der Waals surface area contributed by atoms with Crippen LogP contribution in [0, 0.1) is 0 Å². The van der Waals surface area contributed by atoms with Crippen LogP contribution in [0.2, 0.25) is 5.02 Å². The van der Waals surface area contributed by atoms with E-state index < -0.39 is 5.97 Å². The fourth-order valence-electron chi connectivity index (χ4n) is 2.60. The summed E-state index contributed by atoms with van der Waals surface area (Å²) in [6.45, 7) is 1.49. The second-order valence-corrected chi connectivity index (χ2v) is 6.66. The van der Waals surface area contributed by atoms with E-state index >= 15 is 0 Å². The van der Waals surface area contributed by atoms with Crippen LogP contribution in [0.15, 0.2) is 30.5 Å². The number of likely N-dealkylation sites (tertiary alicyclic amines) is 1. The third kappa shape index (κ3) is 3.26. The average Bonchev–Trinajstić information content (AvgIpc) is 3.09. The summed E-state index contributed by atoms with van der Waals surface area (Å²) in [7, 11) is 0. The van der Waals surface area contributed by atoms with Crippen LogP contribution < -0.4 is 0 Å². The Hall–Kier alpha value is -1.43. The average molecular weight is 323 g/mol. The molecule has 110 valence electrons. The third-order valence-electron chi connectivity index (χ3n) is 3.65. The van der Waals surface area contributed by atoms with Crippen molar-refractivity contribution in [2.75, 3.05) is 6.54 Å². The highest BCUT2D eigenvalue weighted by atomic mass is 35.5. The first-order chi connectivity index (χ1) is 10.1. The largest absolute Gasteiger partial charge is 0.480 e. The zero-order valence-corrected chi connectivity index (χ0v) is 12.9. The van der Waals surface area contributed by atoms with E-state index in [4.69, 9.17) is 11.6 Å². The molecule has 1 aliphatic rings. The van der Waals surface area contributed by atoms with Crippen LogP contribution in [-0.2, 0) is 11.3 Å². The molecule has 1 unspecified atom stereocenters. The van der Waals surface area contributed by atoms with E-state index in [0.717, 1.165) is 34.8 Å². The number of aromatic nitrogens is 1. The van der Waals surface area contributed by atoms with E-state index in [0.29, 0.717) is 11.6 Å². The van der Waals surface area contributed by atoms with Gasteiger partial charge in [-0.05, 0) is 31.5 Å². The van der Waals surface area contributed by atoms with Crippen LogP contribution in [0.5, 0.6) is 0 Å². The van der Waals surface area contributed by atoms with Gasteiger partial charge in [-0.15, -0.1) is 11.3 Å². The van der Waals surface area contributed by atoms with Gasteiger partial charge in [-0.3, -0.25) is 9.69 Å². The van der Waals surface area contributed by atoms with Crippen LogP contribution in [-0.4, -0.2) is 33.5 Å². The van der Waals surface area contributed by atoms with Crippen LogP contribution in [0.25, 0.3) is 10.6 Å². The molecule has 2 aromatic rings. The van der Waals surface area contributed by atoms with Gasteiger partial charge in [-0.25, -0.2) is 4.98 Å². The zero-order valence-electron chi connectivity index (χ0n) is 11.3. The molecular formula is C15H15ClN2O2S. The molecule has 2 heterocycles. The number of carbonyl (C=O) groups is 1. The van der Waals surface area contributed by atoms with Crippen molar-refractivity contribution in [3.05, 3.63) is 40.4 Å². The fourth-order valence-corrected chi connectivity index (χ4v) is 3.67. The normalized spacial score (nSPS) is 19.0. The maximum atomic E-state index is 11.2. The minimum absolute atomic E-state index is 0.355. The number of aliphatic carboxylic acids is 1. The Morgan fingerprint density at radius 3 is 2.90 bits per heavy atom. The summed E-state index contributed by atoms with van der Waals surface area (Å²) in [6.07, 6.45) is 3.52. The Labute approximate surface area is 132 Å². The molecule has 0 aliphatic carbocycles. The fraction of sp³-hybridized carbons (Fsp3) is 0.333. The van der Waals surface area contributed by atoms with E-state index in [1.165, 1.54) is 0 Å². The van der Waals surface area contributed by atoms with Crippen LogP contribution in [0.4, 0.5) is 0 Å². The second-order valence-electron chi connectivity index (χ2n) is 5.11. The number of carboxylic acid groups (broad SMARTS) is 1. The van der Waals surface area contributed by atoms with E-state index in [1.54, 1.807) is 11.3 Å². The lowest BCUT2D eigenvalue weighted by Gasteiger charge is -2.19. The second kappa shape index (κ2) is 6.13. The third-order valence-corrected chi connectivity index (χ3v) is 4.94. The minimum atomic E-state index is -0.727. The maximum Gasteiger partial charge on any atom is 0.320 e. The highest BCUT2D eigenvalue weighted by Gasteiger charge is 2.30. The molecule has 1 aromatic carbocycles. The standard InChI is InChI=1S/C15H15ClN2O2S/c16-11-5-3-10(4-6-11)14-17-8-12(21-14)9-18-7-1-2-13(18)15(19)20/h3-6,8,13H,1-2,7,9H2,(H,19,20). The number of benzene rings is 1. The van der Waals surface area contributed by atoms with Gasteiger partial charge in [0.1, 0.15) is 11.0 Å². The van der Waals surface area contributed by atoms with Gasteiger partial charge in [-0.2, -0.15) is 0 Å². The number of hydrogen-bond acceptors (Lipinski definition) is 4. The van der Waals surface area contributed by atoms with Gasteiger partial charge in [0.15, 0.2) is 0 Å². The van der Waals surface area contributed by atoms with E-state index in [2.05, 4.69) is 4.98 Å². The van der Waals surface area contributed by atoms with Crippen molar-refractivity contribution in [2.45, 2.75) is 25.4 Å². The minimum Gasteiger partial charge on any atom is -0.480 e. The SMILES string of the molecule is O=C(O)C1CCCN1Cc1cnc(-c2ccc(Cl)cc2)s1. The van der Waals surface area contributed by atoms with Gasteiger partial charge in [0.2, 0.25) is 0 Å². The van der Waals surface area contributed by atoms with Crippen molar-refractivity contribution in [2.24, 2.45) is 0 Å². The predicted octanol–water partition coefficient (Wildman–Crippen LogP) is 3.51. The van der Waals surface area contributed by atoms with Crippen LogP contribution in [0.1, 0.15) is 17.7 Å². The summed E-state index contributed by atoms with van der Waals surface area (Å²) in [5.74, 6) is -0.727. The topological polar surface area (TPSA) is 53.4 Å². The maximum absolute atomic E-state index is 11.2. The summed E-state index contributed by atoms with van der Waals surface area (Å²) >= 11 is 7.49. The number of halogens is 1. The van der Waals surface area contributed by atoms with Crippen molar-refractivity contribution in [1.29, 1.82) is 0 Å². The van der Waals surface area contributed by atoms with Crippen molar-refractivity contribution in [3.8, 4) is 10.6 Å². The Balaban J connectivity index is 1.73. The number of nitrogens with zero attached hydrogens (tertiary/aromatic N) is 2. The highest BCUT2D eigenvalue weighted by molar-refractivity contribution is 7.15. The van der Waals surface area contributed by atoms with Crippen molar-refractivity contribution in [1.82, 2.24) is 9.88 Å². The summed E-state index contributed by atoms with van der Waals surface area (Å²) in [5.41, 5.74) is 1.03. The lowest BCUT2D eigenvalue weighted by molar-refractivity contribution is -0.142. The molecule has 0 radical (unpaired) electrons. The first-order valence-corrected chi connectivity index (χ1v) is 8.00. The van der Waals surface area contributed by atoms with Gasteiger partial charge < -0.3 is 5.11 Å². The quantitative estimate of drug-likeness (QED) is 0.936. The monoisotopic (exact) mass is 322 g/mol. The van der Waals surface area contributed by atoms with E-state index in [9.17, 15) is 9.90 Å². The summed E-state index contributed by atoms with van der Waals surface area (Å²) in [5, 5.41) is 10.8. The van der Waals surface area contributed by atoms with Crippen molar-refractivity contribution >= 4 is 28.9 Å². The van der Waals surface area contributed by atoms with Gasteiger partial charge in [0.05, 0.1) is 0 Å². The smallest absolute Gasteiger partial charge is 0.320 e. The molecule has 1 N–H and O–H groups in total. The van der Waals surface area contributed by atoms with Gasteiger partial charge in [-0.1, -0.05) is 23.7 Å². The number of thiazole rings is 1. The van der Waals surface area contributed by atoms with Crippen LogP contribution in [0.3, 0.4) is 0 Å². The predicted molar refractivity (Wildman–Crippen MR) is 83.6 cm³/mol. The van der Waals surface area contributed by atoms with Crippen LogP contribution >= 0.6 is 22.9 Å². The van der Waals surface area contributed by atoms with E-state index in [-0.39, 0.29) is 6.04 Å². The molecule has 1 fully saturated rings. The molecule has 0 amide bonds. The van der Waals surface area contributed by atoms with Crippen molar-refractivity contribution < 1.29 is 9.90 Å². The molecule has 1 saturated heterocycles. The molecule has 0 saturated carbocycles. The Bertz CT molecular complexity index is 641. The molecule has 0 bridgehead atoms. The zero-order chi connectivity index (χ0) is 14.8. The molecule has 0 spiro atoms. The molecular weight excluding hydrogens is 308 g/mol. The molecule has 4 nitrogen and oxygen atoms in total. The Kier molecular flexibility index (Phi) is 4.24.